The van der Waals surface area contributed by atoms with E-state index in [0.717, 1.165) is 32.1 Å². The number of hydrogen-bond donors (Lipinski definition) is 0. The molecule has 0 heterocycles. The second-order valence-electron chi connectivity index (χ2n) is 3.98. The molecule has 0 radical (unpaired) electrons. The Morgan fingerprint density at radius 2 is 2.21 bits per heavy atom. The van der Waals surface area contributed by atoms with Crippen LogP contribution in [0.25, 0.3) is 0 Å². The number of hydrogen-bond acceptors (Lipinski definition) is 1. The van der Waals surface area contributed by atoms with Gasteiger partial charge < -0.3 is 0 Å². The van der Waals surface area contributed by atoms with E-state index in [9.17, 15) is 4.79 Å². The van der Waals surface area contributed by atoms with Crippen LogP contribution in [0, 0.1) is 17.8 Å². The summed E-state index contributed by atoms with van der Waals surface area (Å²) in [6, 6.07) is 0. The first-order chi connectivity index (χ1) is 6.72. The third-order valence-electron chi connectivity index (χ3n) is 2.49. The maximum absolute atomic E-state index is 11.3. The van der Waals surface area contributed by atoms with E-state index in [2.05, 4.69) is 18.8 Å². The Morgan fingerprint density at radius 1 is 1.43 bits per heavy atom. The molecule has 0 saturated heterocycles. The van der Waals surface area contributed by atoms with E-state index in [1.807, 2.05) is 6.92 Å². The molecular formula is C13H18O. The molecule has 76 valence electrons. The van der Waals surface area contributed by atoms with Crippen molar-refractivity contribution in [3.8, 4) is 11.8 Å². The fourth-order valence-corrected chi connectivity index (χ4v) is 1.90. The van der Waals surface area contributed by atoms with Gasteiger partial charge in [-0.3, -0.25) is 4.79 Å². The molecule has 0 saturated carbocycles. The van der Waals surface area contributed by atoms with Crippen molar-refractivity contribution in [2.24, 2.45) is 5.92 Å². The van der Waals surface area contributed by atoms with Crippen LogP contribution in [0.15, 0.2) is 11.6 Å². The highest BCUT2D eigenvalue weighted by Gasteiger charge is 2.17. The number of allylic oxidation sites excluding steroid dienone is 2. The quantitative estimate of drug-likeness (QED) is 0.611. The van der Waals surface area contributed by atoms with Crippen LogP contribution in [0.4, 0.5) is 0 Å². The molecule has 1 atom stereocenters. The Balaban J connectivity index is 2.33. The summed E-state index contributed by atoms with van der Waals surface area (Å²) >= 11 is 0. The largest absolute Gasteiger partial charge is 0.295 e. The smallest absolute Gasteiger partial charge is 0.155 e. The van der Waals surface area contributed by atoms with Crippen molar-refractivity contribution in [3.05, 3.63) is 11.6 Å². The molecule has 1 aliphatic carbocycles. The minimum Gasteiger partial charge on any atom is -0.295 e. The highest BCUT2D eigenvalue weighted by molar-refractivity contribution is 5.91. The lowest BCUT2D eigenvalue weighted by molar-refractivity contribution is -0.116. The predicted molar refractivity (Wildman–Crippen MR) is 58.8 cm³/mol. The van der Waals surface area contributed by atoms with Gasteiger partial charge in [0.1, 0.15) is 0 Å². The first-order valence-electron chi connectivity index (χ1n) is 5.38. The molecule has 0 fully saturated rings. The van der Waals surface area contributed by atoms with Gasteiger partial charge in [-0.1, -0.05) is 12.5 Å². The van der Waals surface area contributed by atoms with E-state index in [0.29, 0.717) is 11.7 Å². The summed E-state index contributed by atoms with van der Waals surface area (Å²) in [5, 5.41) is 0. The Labute approximate surface area is 86.6 Å². The summed E-state index contributed by atoms with van der Waals surface area (Å²) in [5.41, 5.74) is 1.23. The van der Waals surface area contributed by atoms with Gasteiger partial charge in [-0.15, -0.1) is 11.8 Å². The zero-order valence-electron chi connectivity index (χ0n) is 9.10. The summed E-state index contributed by atoms with van der Waals surface area (Å²) in [4.78, 5) is 11.3. The molecule has 1 aliphatic rings. The van der Waals surface area contributed by atoms with Crippen LogP contribution in [-0.2, 0) is 4.79 Å². The van der Waals surface area contributed by atoms with Gasteiger partial charge in [0, 0.05) is 19.3 Å². The summed E-state index contributed by atoms with van der Waals surface area (Å²) in [6.07, 6.45) is 6.55. The number of carbonyl (C=O) groups excluding carboxylic acids is 1. The lowest BCUT2D eigenvalue weighted by Crippen LogP contribution is -2.12. The Bertz CT molecular complexity index is 288. The number of carbonyl (C=O) groups is 1. The number of rotatable bonds is 2. The monoisotopic (exact) mass is 190 g/mol. The molecular weight excluding hydrogens is 172 g/mol. The second-order valence-corrected chi connectivity index (χ2v) is 3.98. The van der Waals surface area contributed by atoms with E-state index in [4.69, 9.17) is 0 Å². The standard InChI is InChI=1S/C13H18O/c1-3-4-5-6-7-12-8-11(2)9-13(14)10-12/h9,12H,3,6-8,10H2,1-2H3. The van der Waals surface area contributed by atoms with Gasteiger partial charge in [0.25, 0.3) is 0 Å². The summed E-state index contributed by atoms with van der Waals surface area (Å²) in [7, 11) is 0. The van der Waals surface area contributed by atoms with Crippen LogP contribution < -0.4 is 0 Å². The molecule has 1 rings (SSSR count). The van der Waals surface area contributed by atoms with Crippen molar-refractivity contribution < 1.29 is 4.79 Å². The molecule has 1 nitrogen and oxygen atoms in total. The number of ketones is 1. The molecule has 0 bridgehead atoms. The highest BCUT2D eigenvalue weighted by Crippen LogP contribution is 2.25. The SMILES string of the molecule is CCC#CCCC1CC(=O)C=C(C)C1. The third kappa shape index (κ3) is 3.79. The zero-order valence-corrected chi connectivity index (χ0v) is 9.10. The van der Waals surface area contributed by atoms with Gasteiger partial charge in [0.15, 0.2) is 5.78 Å². The predicted octanol–water partition coefficient (Wildman–Crippen LogP) is 3.11. The van der Waals surface area contributed by atoms with E-state index >= 15 is 0 Å². The minimum atomic E-state index is 0.294. The Kier molecular flexibility index (Phi) is 4.46. The molecule has 0 aromatic heterocycles. The van der Waals surface area contributed by atoms with Crippen LogP contribution in [0.3, 0.4) is 0 Å². The molecule has 0 aromatic carbocycles. The normalized spacial score (nSPS) is 21.1. The minimum absolute atomic E-state index is 0.294. The van der Waals surface area contributed by atoms with Gasteiger partial charge in [0.05, 0.1) is 0 Å². The molecule has 0 aromatic rings. The molecule has 0 N–H and O–H groups in total. The fourth-order valence-electron chi connectivity index (χ4n) is 1.90. The van der Waals surface area contributed by atoms with Crippen molar-refractivity contribution in [1.29, 1.82) is 0 Å². The molecule has 1 heteroatoms. The van der Waals surface area contributed by atoms with E-state index in [1.54, 1.807) is 6.08 Å². The average Bonchev–Trinajstić information content (AvgIpc) is 2.11. The van der Waals surface area contributed by atoms with Gasteiger partial charge in [-0.05, 0) is 31.8 Å². The fraction of sp³-hybridized carbons (Fsp3) is 0.615. The van der Waals surface area contributed by atoms with Crippen LogP contribution in [-0.4, -0.2) is 5.78 Å². The van der Waals surface area contributed by atoms with E-state index in [1.165, 1.54) is 5.57 Å². The lowest BCUT2D eigenvalue weighted by Gasteiger charge is -2.18. The second kappa shape index (κ2) is 5.65. The van der Waals surface area contributed by atoms with Crippen molar-refractivity contribution in [3.63, 3.8) is 0 Å². The van der Waals surface area contributed by atoms with Crippen LogP contribution in [0.5, 0.6) is 0 Å². The van der Waals surface area contributed by atoms with Crippen molar-refractivity contribution in [2.45, 2.75) is 46.0 Å². The third-order valence-corrected chi connectivity index (χ3v) is 2.49. The van der Waals surface area contributed by atoms with Gasteiger partial charge in [0.2, 0.25) is 0 Å². The molecule has 0 aliphatic heterocycles. The summed E-state index contributed by atoms with van der Waals surface area (Å²) in [6.45, 7) is 4.10. The average molecular weight is 190 g/mol. The topological polar surface area (TPSA) is 17.1 Å². The first kappa shape index (κ1) is 11.0. The van der Waals surface area contributed by atoms with Crippen LogP contribution in [0.1, 0.15) is 46.0 Å². The molecule has 1 unspecified atom stereocenters. The van der Waals surface area contributed by atoms with Crippen molar-refractivity contribution in [1.82, 2.24) is 0 Å². The van der Waals surface area contributed by atoms with E-state index in [-0.39, 0.29) is 0 Å². The van der Waals surface area contributed by atoms with Crippen molar-refractivity contribution >= 4 is 5.78 Å². The highest BCUT2D eigenvalue weighted by atomic mass is 16.1. The maximum atomic E-state index is 11.3. The van der Waals surface area contributed by atoms with Gasteiger partial charge in [-0.2, -0.15) is 0 Å². The Morgan fingerprint density at radius 3 is 2.86 bits per heavy atom. The first-order valence-corrected chi connectivity index (χ1v) is 5.38. The summed E-state index contributed by atoms with van der Waals surface area (Å²) in [5.74, 6) is 7.03. The zero-order chi connectivity index (χ0) is 10.4. The lowest BCUT2D eigenvalue weighted by atomic mass is 9.86. The van der Waals surface area contributed by atoms with Crippen LogP contribution in [0.2, 0.25) is 0 Å². The van der Waals surface area contributed by atoms with Crippen LogP contribution >= 0.6 is 0 Å². The van der Waals surface area contributed by atoms with Gasteiger partial charge >= 0.3 is 0 Å². The van der Waals surface area contributed by atoms with Crippen molar-refractivity contribution in [2.75, 3.05) is 0 Å². The maximum Gasteiger partial charge on any atom is 0.155 e. The summed E-state index contributed by atoms with van der Waals surface area (Å²) < 4.78 is 0. The molecule has 14 heavy (non-hydrogen) atoms. The van der Waals surface area contributed by atoms with Gasteiger partial charge in [-0.25, -0.2) is 0 Å². The molecule has 0 amide bonds. The Hall–Kier alpha value is -1.03. The molecule has 0 spiro atoms. The van der Waals surface area contributed by atoms with E-state index < -0.39 is 0 Å².